The maximum Gasteiger partial charge on any atom is 0.140 e. The van der Waals surface area contributed by atoms with Gasteiger partial charge in [-0.2, -0.15) is 0 Å². The van der Waals surface area contributed by atoms with Gasteiger partial charge in [-0.05, 0) is 37.5 Å². The lowest BCUT2D eigenvalue weighted by molar-refractivity contribution is 0.0823. The summed E-state index contributed by atoms with van der Waals surface area (Å²) >= 11 is 1.48. The van der Waals surface area contributed by atoms with Gasteiger partial charge in [0.15, 0.2) is 0 Å². The normalized spacial score (nSPS) is 11.9. The number of benzene rings is 1. The molecule has 0 aliphatic rings. The van der Waals surface area contributed by atoms with Crippen molar-refractivity contribution >= 4 is 11.3 Å². The zero-order valence-corrected chi connectivity index (χ0v) is 13.2. The van der Waals surface area contributed by atoms with Gasteiger partial charge in [-0.3, -0.25) is 0 Å². The van der Waals surface area contributed by atoms with E-state index in [1.165, 1.54) is 16.9 Å². The fourth-order valence-corrected chi connectivity index (χ4v) is 2.59. The molecule has 0 atom stereocenters. The van der Waals surface area contributed by atoms with Crippen LogP contribution in [-0.2, 0) is 12.2 Å². The van der Waals surface area contributed by atoms with E-state index in [-0.39, 0.29) is 0 Å². The van der Waals surface area contributed by atoms with E-state index < -0.39 is 5.60 Å². The highest BCUT2D eigenvalue weighted by molar-refractivity contribution is 7.11. The largest absolute Gasteiger partial charge is 0.486 e. The van der Waals surface area contributed by atoms with Crippen LogP contribution in [0.15, 0.2) is 30.5 Å². The van der Waals surface area contributed by atoms with E-state index in [1.807, 2.05) is 12.1 Å². The van der Waals surface area contributed by atoms with Gasteiger partial charge < -0.3 is 9.84 Å². The zero-order valence-electron chi connectivity index (χ0n) is 12.4. The highest BCUT2D eigenvalue weighted by Crippen LogP contribution is 2.26. The molecule has 0 aliphatic heterocycles. The van der Waals surface area contributed by atoms with Gasteiger partial charge in [0.05, 0.1) is 10.5 Å². The second-order valence-electron chi connectivity index (χ2n) is 5.69. The van der Waals surface area contributed by atoms with Gasteiger partial charge in [0, 0.05) is 6.20 Å². The Morgan fingerprint density at radius 2 is 1.90 bits per heavy atom. The molecule has 1 heterocycles. The molecule has 1 aromatic heterocycles. The van der Waals surface area contributed by atoms with Crippen molar-refractivity contribution in [3.05, 3.63) is 45.9 Å². The van der Waals surface area contributed by atoms with Crippen molar-refractivity contribution in [2.75, 3.05) is 0 Å². The van der Waals surface area contributed by atoms with Crippen LogP contribution in [-0.4, -0.2) is 10.1 Å². The Kier molecular flexibility index (Phi) is 4.45. The molecule has 0 saturated heterocycles. The summed E-state index contributed by atoms with van der Waals surface area (Å²) < 4.78 is 5.72. The number of aromatic nitrogens is 1. The van der Waals surface area contributed by atoms with Crippen molar-refractivity contribution in [2.45, 2.75) is 45.8 Å². The van der Waals surface area contributed by atoms with Crippen LogP contribution in [0.1, 0.15) is 49.1 Å². The molecule has 0 radical (unpaired) electrons. The Bertz CT molecular complexity index is 553. The molecule has 20 heavy (non-hydrogen) atoms. The molecule has 1 aromatic carbocycles. The third-order valence-electron chi connectivity index (χ3n) is 3.07. The predicted molar refractivity (Wildman–Crippen MR) is 82.2 cm³/mol. The first-order valence-electron chi connectivity index (χ1n) is 6.76. The number of rotatable bonds is 5. The van der Waals surface area contributed by atoms with Crippen LogP contribution in [0, 0.1) is 0 Å². The lowest BCUT2D eigenvalue weighted by atomic mass is 10.0. The van der Waals surface area contributed by atoms with E-state index in [1.54, 1.807) is 20.0 Å². The van der Waals surface area contributed by atoms with Gasteiger partial charge in [-0.15, -0.1) is 11.3 Å². The molecule has 2 rings (SSSR count). The standard InChI is InChI=1S/C16H21NO2S/c1-11(2)12-5-7-13(8-6-12)19-10-15-17-9-14(20-15)16(3,4)18/h5-9,11,18H,10H2,1-4H3. The maximum atomic E-state index is 9.90. The zero-order chi connectivity index (χ0) is 14.8. The fourth-order valence-electron chi connectivity index (χ4n) is 1.75. The maximum absolute atomic E-state index is 9.90. The Hall–Kier alpha value is -1.39. The first-order valence-corrected chi connectivity index (χ1v) is 7.58. The summed E-state index contributed by atoms with van der Waals surface area (Å²) in [5.74, 6) is 1.37. The molecule has 108 valence electrons. The van der Waals surface area contributed by atoms with E-state index in [9.17, 15) is 5.11 Å². The van der Waals surface area contributed by atoms with Crippen molar-refractivity contribution in [1.82, 2.24) is 4.98 Å². The Balaban J connectivity index is 1.96. The number of nitrogens with zero attached hydrogens (tertiary/aromatic N) is 1. The second-order valence-corrected chi connectivity index (χ2v) is 6.80. The molecule has 0 spiro atoms. The third kappa shape index (κ3) is 3.81. The number of hydrogen-bond donors (Lipinski definition) is 1. The first-order chi connectivity index (χ1) is 9.36. The molecule has 2 aromatic rings. The van der Waals surface area contributed by atoms with Crippen molar-refractivity contribution in [3.8, 4) is 5.75 Å². The summed E-state index contributed by atoms with van der Waals surface area (Å²) in [6.45, 7) is 8.29. The molecular formula is C16H21NO2S. The molecule has 0 aliphatic carbocycles. The lowest BCUT2D eigenvalue weighted by Crippen LogP contribution is -2.12. The average molecular weight is 291 g/mol. The lowest BCUT2D eigenvalue weighted by Gasteiger charge is -2.13. The number of hydrogen-bond acceptors (Lipinski definition) is 4. The third-order valence-corrected chi connectivity index (χ3v) is 4.35. The first kappa shape index (κ1) is 15.0. The van der Waals surface area contributed by atoms with Crippen LogP contribution in [0.5, 0.6) is 5.75 Å². The summed E-state index contributed by atoms with van der Waals surface area (Å²) in [5, 5.41) is 10.8. The fraction of sp³-hybridized carbons (Fsp3) is 0.438. The average Bonchev–Trinajstić information content (AvgIpc) is 2.85. The van der Waals surface area contributed by atoms with Gasteiger partial charge in [0.1, 0.15) is 17.4 Å². The molecule has 1 N–H and O–H groups in total. The Labute approximate surface area is 124 Å². The summed E-state index contributed by atoms with van der Waals surface area (Å²) in [4.78, 5) is 5.13. The van der Waals surface area contributed by atoms with E-state index >= 15 is 0 Å². The minimum atomic E-state index is -0.838. The molecule has 0 fully saturated rings. The number of ether oxygens (including phenoxy) is 1. The van der Waals surface area contributed by atoms with Crippen molar-refractivity contribution in [2.24, 2.45) is 0 Å². The smallest absolute Gasteiger partial charge is 0.140 e. The van der Waals surface area contributed by atoms with Gasteiger partial charge >= 0.3 is 0 Å². The van der Waals surface area contributed by atoms with E-state index in [4.69, 9.17) is 4.74 Å². The number of aliphatic hydroxyl groups is 1. The summed E-state index contributed by atoms with van der Waals surface area (Å²) in [6, 6.07) is 8.15. The van der Waals surface area contributed by atoms with Crippen molar-refractivity contribution in [3.63, 3.8) is 0 Å². The molecule has 0 amide bonds. The molecule has 0 saturated carbocycles. The topological polar surface area (TPSA) is 42.4 Å². The summed E-state index contributed by atoms with van der Waals surface area (Å²) in [6.07, 6.45) is 1.71. The SMILES string of the molecule is CC(C)c1ccc(OCc2ncc(C(C)(C)O)s2)cc1. The van der Waals surface area contributed by atoms with E-state index in [0.717, 1.165) is 15.6 Å². The molecule has 0 unspecified atom stereocenters. The van der Waals surface area contributed by atoms with E-state index in [2.05, 4.69) is 31.0 Å². The van der Waals surface area contributed by atoms with Crippen LogP contribution in [0.4, 0.5) is 0 Å². The highest BCUT2D eigenvalue weighted by Gasteiger charge is 2.19. The number of thiazole rings is 1. The van der Waals surface area contributed by atoms with Crippen LogP contribution >= 0.6 is 11.3 Å². The van der Waals surface area contributed by atoms with Crippen molar-refractivity contribution in [1.29, 1.82) is 0 Å². The minimum absolute atomic E-state index is 0.432. The molecular weight excluding hydrogens is 270 g/mol. The Morgan fingerprint density at radius 1 is 1.25 bits per heavy atom. The minimum Gasteiger partial charge on any atom is -0.486 e. The van der Waals surface area contributed by atoms with Crippen LogP contribution in [0.3, 0.4) is 0 Å². The van der Waals surface area contributed by atoms with Crippen LogP contribution in [0.25, 0.3) is 0 Å². The van der Waals surface area contributed by atoms with Gasteiger partial charge in [0.25, 0.3) is 0 Å². The van der Waals surface area contributed by atoms with E-state index in [0.29, 0.717) is 12.5 Å². The van der Waals surface area contributed by atoms with Crippen molar-refractivity contribution < 1.29 is 9.84 Å². The summed E-state index contributed by atoms with van der Waals surface area (Å²) in [7, 11) is 0. The Morgan fingerprint density at radius 3 is 2.40 bits per heavy atom. The molecule has 0 bridgehead atoms. The summed E-state index contributed by atoms with van der Waals surface area (Å²) in [5.41, 5.74) is 0.463. The van der Waals surface area contributed by atoms with Crippen LogP contribution in [0.2, 0.25) is 0 Å². The van der Waals surface area contributed by atoms with Gasteiger partial charge in [0.2, 0.25) is 0 Å². The molecule has 4 heteroatoms. The molecule has 3 nitrogen and oxygen atoms in total. The monoisotopic (exact) mass is 291 g/mol. The highest BCUT2D eigenvalue weighted by atomic mass is 32.1. The van der Waals surface area contributed by atoms with Crippen LogP contribution < -0.4 is 4.74 Å². The van der Waals surface area contributed by atoms with Gasteiger partial charge in [-0.25, -0.2) is 4.98 Å². The predicted octanol–water partition coefficient (Wildman–Crippen LogP) is 4.07. The second kappa shape index (κ2) is 5.94. The quantitative estimate of drug-likeness (QED) is 0.903. The van der Waals surface area contributed by atoms with Gasteiger partial charge in [-0.1, -0.05) is 26.0 Å².